The van der Waals surface area contributed by atoms with Crippen molar-refractivity contribution in [2.24, 2.45) is 0 Å². The first-order valence-corrected chi connectivity index (χ1v) is 3.78. The molecule has 4 heteroatoms. The molecule has 1 aliphatic rings. The normalized spacial score (nSPS) is 33.7. The highest BCUT2D eigenvalue weighted by molar-refractivity contribution is 5.24. The largest absolute Gasteiger partial charge is 0.305 e. The predicted molar refractivity (Wildman–Crippen MR) is 46.5 cm³/mol. The van der Waals surface area contributed by atoms with Gasteiger partial charge in [-0.15, -0.1) is 0 Å². The first-order valence-electron chi connectivity index (χ1n) is 3.78. The van der Waals surface area contributed by atoms with Gasteiger partial charge < -0.3 is 5.32 Å². The quantitative estimate of drug-likeness (QED) is 0.488. The lowest BCUT2D eigenvalue weighted by molar-refractivity contribution is -0.518. The van der Waals surface area contributed by atoms with Gasteiger partial charge in [0.15, 0.2) is 0 Å². The molecule has 0 saturated carbocycles. The van der Waals surface area contributed by atoms with E-state index < -0.39 is 11.6 Å². The Labute approximate surface area is 71.1 Å². The molecule has 0 aliphatic heterocycles. The van der Waals surface area contributed by atoms with E-state index in [0.717, 1.165) is 0 Å². The minimum atomic E-state index is -0.674. The summed E-state index contributed by atoms with van der Waals surface area (Å²) in [5.41, 5.74) is -0.557. The first-order chi connectivity index (χ1) is 5.60. The maximum Gasteiger partial charge on any atom is 0.252 e. The Bertz CT molecular complexity index is 247. The highest BCUT2D eigenvalue weighted by atomic mass is 16.6. The maximum atomic E-state index is 10.6. The van der Waals surface area contributed by atoms with E-state index in [4.69, 9.17) is 0 Å². The summed E-state index contributed by atoms with van der Waals surface area (Å²) in [4.78, 5) is 10.3. The van der Waals surface area contributed by atoms with E-state index in [-0.39, 0.29) is 4.92 Å². The van der Waals surface area contributed by atoms with Crippen molar-refractivity contribution in [3.8, 4) is 0 Å². The van der Waals surface area contributed by atoms with E-state index in [1.165, 1.54) is 0 Å². The third-order valence-corrected chi connectivity index (χ3v) is 2.23. The van der Waals surface area contributed by atoms with Crippen LogP contribution in [0.25, 0.3) is 0 Å². The zero-order chi connectivity index (χ0) is 9.19. The van der Waals surface area contributed by atoms with Crippen molar-refractivity contribution in [2.45, 2.75) is 18.5 Å². The molecule has 12 heavy (non-hydrogen) atoms. The zero-order valence-electron chi connectivity index (χ0n) is 7.15. The van der Waals surface area contributed by atoms with Crippen LogP contribution in [-0.2, 0) is 0 Å². The van der Waals surface area contributed by atoms with Crippen LogP contribution in [0.4, 0.5) is 0 Å². The van der Waals surface area contributed by atoms with Crippen molar-refractivity contribution in [1.29, 1.82) is 0 Å². The van der Waals surface area contributed by atoms with E-state index in [9.17, 15) is 10.1 Å². The monoisotopic (exact) mass is 168 g/mol. The third-order valence-electron chi connectivity index (χ3n) is 2.23. The summed E-state index contributed by atoms with van der Waals surface area (Å²) >= 11 is 0. The average molecular weight is 168 g/mol. The number of hydrogen-bond donors (Lipinski definition) is 1. The molecule has 0 aromatic heterocycles. The van der Waals surface area contributed by atoms with E-state index >= 15 is 0 Å². The molecule has 1 aliphatic carbocycles. The molecule has 2 unspecified atom stereocenters. The Kier molecular flexibility index (Phi) is 2.28. The number of allylic oxidation sites excluding steroid dienone is 2. The number of rotatable bonds is 2. The topological polar surface area (TPSA) is 55.2 Å². The first kappa shape index (κ1) is 8.93. The summed E-state index contributed by atoms with van der Waals surface area (Å²) < 4.78 is 0. The summed E-state index contributed by atoms with van der Waals surface area (Å²) in [6.07, 6.45) is 6.92. The molecule has 0 bridgehead atoms. The van der Waals surface area contributed by atoms with Crippen LogP contribution in [0.3, 0.4) is 0 Å². The minimum absolute atomic E-state index is 0.281. The van der Waals surface area contributed by atoms with Gasteiger partial charge in [0.25, 0.3) is 6.04 Å². The van der Waals surface area contributed by atoms with Crippen LogP contribution in [0, 0.1) is 10.1 Å². The molecule has 0 aromatic carbocycles. The van der Waals surface area contributed by atoms with Gasteiger partial charge in [0.05, 0.1) is 0 Å². The number of likely N-dealkylation sites (N-methyl/N-ethyl adjacent to an activating group) is 1. The van der Waals surface area contributed by atoms with Crippen LogP contribution >= 0.6 is 0 Å². The van der Waals surface area contributed by atoms with Crippen molar-refractivity contribution in [1.82, 2.24) is 5.32 Å². The highest BCUT2D eigenvalue weighted by Crippen LogP contribution is 2.19. The van der Waals surface area contributed by atoms with Crippen LogP contribution in [0.2, 0.25) is 0 Å². The van der Waals surface area contributed by atoms with E-state index in [2.05, 4.69) is 5.32 Å². The fraction of sp³-hybridized carbons (Fsp3) is 0.500. The summed E-state index contributed by atoms with van der Waals surface area (Å²) in [5.74, 6) is 0. The molecule has 1 N–H and O–H groups in total. The minimum Gasteiger partial charge on any atom is -0.305 e. The second-order valence-corrected chi connectivity index (χ2v) is 3.01. The Morgan fingerprint density at radius 3 is 2.67 bits per heavy atom. The third kappa shape index (κ3) is 1.38. The van der Waals surface area contributed by atoms with E-state index in [1.807, 2.05) is 6.08 Å². The molecule has 66 valence electrons. The van der Waals surface area contributed by atoms with Crippen molar-refractivity contribution in [2.75, 3.05) is 7.05 Å². The molecule has 0 aromatic rings. The lowest BCUT2D eigenvalue weighted by Crippen LogP contribution is -2.52. The lowest BCUT2D eigenvalue weighted by Gasteiger charge is -2.28. The average Bonchev–Trinajstić information content (AvgIpc) is 2.05. The van der Waals surface area contributed by atoms with Gasteiger partial charge in [0.2, 0.25) is 0 Å². The Morgan fingerprint density at radius 1 is 1.58 bits per heavy atom. The molecular formula is C8H12N2O2. The summed E-state index contributed by atoms with van der Waals surface area (Å²) in [7, 11) is 1.72. The fourth-order valence-electron chi connectivity index (χ4n) is 1.24. The van der Waals surface area contributed by atoms with Crippen LogP contribution in [0.15, 0.2) is 24.3 Å². The van der Waals surface area contributed by atoms with Gasteiger partial charge in [-0.3, -0.25) is 10.1 Å². The molecule has 1 rings (SSSR count). The van der Waals surface area contributed by atoms with Gasteiger partial charge in [-0.05, 0) is 20.0 Å². The number of nitro groups is 1. The summed E-state index contributed by atoms with van der Waals surface area (Å²) in [5, 5.41) is 13.5. The van der Waals surface area contributed by atoms with E-state index in [0.29, 0.717) is 0 Å². The number of nitrogens with one attached hydrogen (secondary N) is 1. The molecule has 0 heterocycles. The van der Waals surface area contributed by atoms with Crippen LogP contribution in [0.1, 0.15) is 6.92 Å². The maximum absolute atomic E-state index is 10.6. The lowest BCUT2D eigenvalue weighted by atomic mass is 9.89. The molecule has 0 spiro atoms. The predicted octanol–water partition coefficient (Wildman–Crippen LogP) is 0.736. The molecule has 0 radical (unpaired) electrons. The van der Waals surface area contributed by atoms with Gasteiger partial charge in [0, 0.05) is 4.92 Å². The summed E-state index contributed by atoms with van der Waals surface area (Å²) in [6.45, 7) is 1.81. The van der Waals surface area contributed by atoms with Crippen LogP contribution in [0.5, 0.6) is 0 Å². The van der Waals surface area contributed by atoms with Crippen molar-refractivity contribution >= 4 is 0 Å². The molecule has 4 nitrogen and oxygen atoms in total. The molecular weight excluding hydrogens is 156 g/mol. The van der Waals surface area contributed by atoms with Gasteiger partial charge in [0.1, 0.15) is 5.54 Å². The SMILES string of the molecule is CNC1(C)C=CC=CC1[N+](=O)[O-]. The van der Waals surface area contributed by atoms with Crippen LogP contribution in [-0.4, -0.2) is 23.6 Å². The number of hydrogen-bond acceptors (Lipinski definition) is 3. The standard InChI is InChI=1S/C8H12N2O2/c1-8(9-2)6-4-3-5-7(8)10(11)12/h3-7,9H,1-2H3. The van der Waals surface area contributed by atoms with Crippen molar-refractivity contribution < 1.29 is 4.92 Å². The van der Waals surface area contributed by atoms with E-state index in [1.54, 1.807) is 32.2 Å². The second-order valence-electron chi connectivity index (χ2n) is 3.01. The Morgan fingerprint density at radius 2 is 2.25 bits per heavy atom. The van der Waals surface area contributed by atoms with Crippen molar-refractivity contribution in [3.05, 3.63) is 34.4 Å². The molecule has 0 amide bonds. The van der Waals surface area contributed by atoms with Gasteiger partial charge in [-0.2, -0.15) is 0 Å². The highest BCUT2D eigenvalue weighted by Gasteiger charge is 2.38. The zero-order valence-corrected chi connectivity index (χ0v) is 7.15. The fourth-order valence-corrected chi connectivity index (χ4v) is 1.24. The second kappa shape index (κ2) is 3.06. The number of nitrogens with zero attached hydrogens (tertiary/aromatic N) is 1. The summed E-state index contributed by atoms with van der Waals surface area (Å²) in [6, 6.07) is -0.674. The van der Waals surface area contributed by atoms with Crippen LogP contribution < -0.4 is 5.32 Å². The van der Waals surface area contributed by atoms with Gasteiger partial charge >= 0.3 is 0 Å². The molecule has 2 atom stereocenters. The van der Waals surface area contributed by atoms with Gasteiger partial charge in [-0.25, -0.2) is 0 Å². The Balaban J connectivity index is 2.92. The molecule has 0 saturated heterocycles. The van der Waals surface area contributed by atoms with Crippen molar-refractivity contribution in [3.63, 3.8) is 0 Å². The Hall–Kier alpha value is -1.16. The van der Waals surface area contributed by atoms with Gasteiger partial charge in [-0.1, -0.05) is 18.2 Å². The smallest absolute Gasteiger partial charge is 0.252 e. The molecule has 0 fully saturated rings.